The minimum absolute atomic E-state index is 0.0354. The molecule has 2 fully saturated rings. The lowest BCUT2D eigenvalue weighted by atomic mass is 9.98. The minimum atomic E-state index is -0.339. The predicted molar refractivity (Wildman–Crippen MR) is 66.9 cm³/mol. The van der Waals surface area contributed by atoms with Crippen LogP contribution in [0.5, 0.6) is 0 Å². The highest BCUT2D eigenvalue weighted by Crippen LogP contribution is 2.19. The number of nitrogens with zero attached hydrogens (tertiary/aromatic N) is 1. The van der Waals surface area contributed by atoms with E-state index in [2.05, 4.69) is 19.2 Å². The van der Waals surface area contributed by atoms with Crippen LogP contribution < -0.4 is 5.32 Å². The van der Waals surface area contributed by atoms with Crippen molar-refractivity contribution < 1.29 is 14.3 Å². The molecule has 0 aliphatic carbocycles. The molecule has 2 amide bonds. The summed E-state index contributed by atoms with van der Waals surface area (Å²) in [5, 5.41) is 2.81. The molecule has 2 heterocycles. The third-order valence-corrected chi connectivity index (χ3v) is 3.57. The quantitative estimate of drug-likeness (QED) is 0.799. The molecular weight excluding hydrogens is 232 g/mol. The Morgan fingerprint density at radius 1 is 1.33 bits per heavy atom. The van der Waals surface area contributed by atoms with Crippen LogP contribution in [-0.4, -0.2) is 48.6 Å². The average Bonchev–Trinajstić information content (AvgIpc) is 2.34. The molecule has 102 valence electrons. The molecule has 2 saturated heterocycles. The highest BCUT2D eigenvalue weighted by molar-refractivity contribution is 5.95. The zero-order chi connectivity index (χ0) is 13.1. The van der Waals surface area contributed by atoms with Gasteiger partial charge in [0, 0.05) is 19.3 Å². The number of carbonyl (C=O) groups is 2. The molecular formula is C13H22N2O3. The maximum atomic E-state index is 12.4. The normalized spacial score (nSPS) is 26.6. The van der Waals surface area contributed by atoms with Crippen LogP contribution in [0.1, 0.15) is 33.1 Å². The molecule has 1 atom stereocenters. The van der Waals surface area contributed by atoms with Crippen molar-refractivity contribution in [3.8, 4) is 0 Å². The van der Waals surface area contributed by atoms with Gasteiger partial charge in [-0.15, -0.1) is 0 Å². The summed E-state index contributed by atoms with van der Waals surface area (Å²) < 4.78 is 5.31. The second-order valence-corrected chi connectivity index (χ2v) is 5.56. The molecule has 0 spiro atoms. The fraction of sp³-hybridized carbons (Fsp3) is 0.846. The lowest BCUT2D eigenvalue weighted by Gasteiger charge is -2.39. The highest BCUT2D eigenvalue weighted by atomic mass is 16.5. The number of hydrogen-bond acceptors (Lipinski definition) is 3. The Kier molecular flexibility index (Phi) is 4.22. The van der Waals surface area contributed by atoms with Gasteiger partial charge in [0.15, 0.2) is 0 Å². The number of piperazine rings is 1. The van der Waals surface area contributed by atoms with Crippen LogP contribution in [0.2, 0.25) is 0 Å². The van der Waals surface area contributed by atoms with E-state index >= 15 is 0 Å². The van der Waals surface area contributed by atoms with Gasteiger partial charge >= 0.3 is 0 Å². The number of amides is 2. The summed E-state index contributed by atoms with van der Waals surface area (Å²) in [5.41, 5.74) is 0. The molecule has 0 saturated carbocycles. The lowest BCUT2D eigenvalue weighted by Crippen LogP contribution is -2.61. The van der Waals surface area contributed by atoms with E-state index in [-0.39, 0.29) is 30.4 Å². The van der Waals surface area contributed by atoms with Gasteiger partial charge in [0.1, 0.15) is 6.04 Å². The Hall–Kier alpha value is -1.10. The van der Waals surface area contributed by atoms with E-state index in [0.29, 0.717) is 25.6 Å². The Labute approximate surface area is 108 Å². The molecule has 1 N–H and O–H groups in total. The lowest BCUT2D eigenvalue weighted by molar-refractivity contribution is -0.148. The summed E-state index contributed by atoms with van der Waals surface area (Å²) in [4.78, 5) is 25.9. The summed E-state index contributed by atoms with van der Waals surface area (Å²) in [7, 11) is 0. The predicted octanol–water partition coefficient (Wildman–Crippen LogP) is 0.538. The van der Waals surface area contributed by atoms with E-state index in [1.165, 1.54) is 0 Å². The van der Waals surface area contributed by atoms with Crippen molar-refractivity contribution in [3.63, 3.8) is 0 Å². The first-order valence-electron chi connectivity index (χ1n) is 6.75. The molecule has 5 nitrogen and oxygen atoms in total. The van der Waals surface area contributed by atoms with E-state index in [0.717, 1.165) is 12.8 Å². The number of carbonyl (C=O) groups excluding carboxylic acids is 2. The fourth-order valence-electron chi connectivity index (χ4n) is 2.67. The van der Waals surface area contributed by atoms with Crippen LogP contribution in [0, 0.1) is 5.92 Å². The first-order chi connectivity index (χ1) is 8.58. The fourth-order valence-corrected chi connectivity index (χ4v) is 2.67. The van der Waals surface area contributed by atoms with Gasteiger partial charge in [0.05, 0.1) is 6.54 Å². The van der Waals surface area contributed by atoms with Crippen molar-refractivity contribution in [2.75, 3.05) is 19.8 Å². The van der Waals surface area contributed by atoms with Gasteiger partial charge in [0.25, 0.3) is 0 Å². The minimum Gasteiger partial charge on any atom is -0.381 e. The summed E-state index contributed by atoms with van der Waals surface area (Å²) in [5.74, 6) is 0.441. The van der Waals surface area contributed by atoms with E-state index < -0.39 is 0 Å². The third kappa shape index (κ3) is 3.02. The molecule has 1 unspecified atom stereocenters. The van der Waals surface area contributed by atoms with Gasteiger partial charge in [-0.3, -0.25) is 9.59 Å². The zero-order valence-corrected chi connectivity index (χ0v) is 11.1. The van der Waals surface area contributed by atoms with Crippen molar-refractivity contribution in [1.29, 1.82) is 0 Å². The largest absolute Gasteiger partial charge is 0.381 e. The summed E-state index contributed by atoms with van der Waals surface area (Å²) in [6.07, 6.45) is 2.39. The smallest absolute Gasteiger partial charge is 0.245 e. The van der Waals surface area contributed by atoms with Crippen molar-refractivity contribution in [1.82, 2.24) is 10.2 Å². The molecule has 2 rings (SSSR count). The van der Waals surface area contributed by atoms with Gasteiger partial charge in [0.2, 0.25) is 11.8 Å². The zero-order valence-electron chi connectivity index (χ0n) is 11.1. The van der Waals surface area contributed by atoms with E-state index in [9.17, 15) is 9.59 Å². The van der Waals surface area contributed by atoms with E-state index in [4.69, 9.17) is 4.74 Å². The van der Waals surface area contributed by atoms with Gasteiger partial charge in [-0.2, -0.15) is 0 Å². The molecule has 2 aliphatic heterocycles. The SMILES string of the molecule is CC(C)CC1NC(=O)CN(C2CCOCC2)C1=O. The monoisotopic (exact) mass is 254 g/mol. The first-order valence-corrected chi connectivity index (χ1v) is 6.75. The van der Waals surface area contributed by atoms with Crippen LogP contribution in [0.4, 0.5) is 0 Å². The van der Waals surface area contributed by atoms with Gasteiger partial charge in [-0.05, 0) is 25.2 Å². The summed E-state index contributed by atoms with van der Waals surface area (Å²) in [6, 6.07) is -0.166. The topological polar surface area (TPSA) is 58.6 Å². The third-order valence-electron chi connectivity index (χ3n) is 3.57. The number of hydrogen-bond donors (Lipinski definition) is 1. The standard InChI is InChI=1S/C13H22N2O3/c1-9(2)7-11-13(17)15(8-12(16)14-11)10-3-5-18-6-4-10/h9-11H,3-8H2,1-2H3,(H,14,16). The molecule has 0 aromatic heterocycles. The number of ether oxygens (including phenoxy) is 1. The van der Waals surface area contributed by atoms with Crippen molar-refractivity contribution >= 4 is 11.8 Å². The maximum Gasteiger partial charge on any atom is 0.245 e. The number of rotatable bonds is 3. The molecule has 18 heavy (non-hydrogen) atoms. The molecule has 0 radical (unpaired) electrons. The van der Waals surface area contributed by atoms with Crippen molar-refractivity contribution in [2.45, 2.75) is 45.2 Å². The number of nitrogens with one attached hydrogen (secondary N) is 1. The Morgan fingerprint density at radius 2 is 2.00 bits per heavy atom. The molecule has 0 aromatic carbocycles. The highest BCUT2D eigenvalue weighted by Gasteiger charge is 2.37. The van der Waals surface area contributed by atoms with Crippen LogP contribution in [0.3, 0.4) is 0 Å². The molecule has 5 heteroatoms. The van der Waals surface area contributed by atoms with Crippen molar-refractivity contribution in [2.24, 2.45) is 5.92 Å². The van der Waals surface area contributed by atoms with Gasteiger partial charge in [-0.25, -0.2) is 0 Å². The summed E-state index contributed by atoms with van der Waals surface area (Å²) in [6.45, 7) is 5.70. The van der Waals surface area contributed by atoms with Crippen molar-refractivity contribution in [3.05, 3.63) is 0 Å². The second-order valence-electron chi connectivity index (χ2n) is 5.56. The summed E-state index contributed by atoms with van der Waals surface area (Å²) >= 11 is 0. The van der Waals surface area contributed by atoms with E-state index in [1.54, 1.807) is 4.90 Å². The average molecular weight is 254 g/mol. The molecule has 2 aliphatic rings. The Balaban J connectivity index is 2.04. The van der Waals surface area contributed by atoms with Gasteiger partial charge < -0.3 is 15.0 Å². The molecule has 0 aromatic rings. The van der Waals surface area contributed by atoms with Gasteiger partial charge in [-0.1, -0.05) is 13.8 Å². The van der Waals surface area contributed by atoms with Crippen LogP contribution in [0.25, 0.3) is 0 Å². The Bertz CT molecular complexity index is 324. The molecule has 0 bridgehead atoms. The second kappa shape index (κ2) is 5.69. The van der Waals surface area contributed by atoms with Crippen LogP contribution >= 0.6 is 0 Å². The first kappa shape index (κ1) is 13.3. The van der Waals surface area contributed by atoms with Crippen LogP contribution in [0.15, 0.2) is 0 Å². The Morgan fingerprint density at radius 3 is 2.61 bits per heavy atom. The maximum absolute atomic E-state index is 12.4. The van der Waals surface area contributed by atoms with Crippen LogP contribution in [-0.2, 0) is 14.3 Å². The van der Waals surface area contributed by atoms with E-state index in [1.807, 2.05) is 0 Å².